The van der Waals surface area contributed by atoms with Crippen LogP contribution < -0.4 is 5.32 Å². The lowest BCUT2D eigenvalue weighted by atomic mass is 10.0. The van der Waals surface area contributed by atoms with Gasteiger partial charge in [-0.25, -0.2) is 0 Å². The number of aromatic hydroxyl groups is 1. The molecule has 1 amide bonds. The molecule has 0 unspecified atom stereocenters. The lowest BCUT2D eigenvalue weighted by molar-refractivity contribution is -0.116. The van der Waals surface area contributed by atoms with E-state index in [0.717, 1.165) is 18.5 Å². The van der Waals surface area contributed by atoms with Crippen molar-refractivity contribution in [3.05, 3.63) is 35.9 Å². The van der Waals surface area contributed by atoms with Gasteiger partial charge in [0.25, 0.3) is 0 Å². The first-order valence-electron chi connectivity index (χ1n) is 12.5. The second-order valence-corrected chi connectivity index (χ2v) is 8.52. The molecule has 1 aromatic rings. The molecule has 1 rings (SSSR count). The minimum Gasteiger partial charge on any atom is -0.508 e. The van der Waals surface area contributed by atoms with Gasteiger partial charge in [-0.2, -0.15) is 0 Å². The van der Waals surface area contributed by atoms with Crippen LogP contribution in [-0.2, 0) is 4.79 Å². The average Bonchev–Trinajstić information content (AvgIpc) is 2.74. The molecule has 0 bridgehead atoms. The summed E-state index contributed by atoms with van der Waals surface area (Å²) in [6.07, 6.45) is 25.0. The number of hydrogen-bond donors (Lipinski definition) is 2. The minimum absolute atomic E-state index is 0.0701. The lowest BCUT2D eigenvalue weighted by Gasteiger charge is -2.04. The molecular weight excluding hydrogens is 370 g/mol. The van der Waals surface area contributed by atoms with Crippen LogP contribution in [0.15, 0.2) is 30.3 Å². The summed E-state index contributed by atoms with van der Waals surface area (Å²) >= 11 is 0. The fraction of sp³-hybridized carbons (Fsp3) is 0.667. The number of rotatable bonds is 19. The number of phenols is 1. The molecule has 0 spiro atoms. The summed E-state index contributed by atoms with van der Waals surface area (Å²) in [6.45, 7) is 3.02. The largest absolute Gasteiger partial charge is 0.508 e. The summed E-state index contributed by atoms with van der Waals surface area (Å²) in [4.78, 5) is 11.8. The van der Waals surface area contributed by atoms with Crippen molar-refractivity contribution >= 4 is 12.0 Å². The Morgan fingerprint density at radius 1 is 0.800 bits per heavy atom. The van der Waals surface area contributed by atoms with Crippen molar-refractivity contribution in [2.45, 2.75) is 110 Å². The Bertz CT molecular complexity index is 568. The van der Waals surface area contributed by atoms with Crippen LogP contribution in [0.4, 0.5) is 0 Å². The Balaban J connectivity index is 1.81. The summed E-state index contributed by atoms with van der Waals surface area (Å²) < 4.78 is 0. The summed E-state index contributed by atoms with van der Waals surface area (Å²) in [5.74, 6) is 0.144. The topological polar surface area (TPSA) is 49.3 Å². The lowest BCUT2D eigenvalue weighted by Crippen LogP contribution is -2.21. The standard InChI is InChI=1S/C27H45NO2/c1-2-3-4-5-6-7-8-9-10-11-12-13-14-15-16-17-23-28-27(30)22-21-25-19-18-20-26(29)24-25/h18-22,24,29H,2-17,23H2,1H3,(H,28,30). The summed E-state index contributed by atoms with van der Waals surface area (Å²) in [5.41, 5.74) is 0.826. The first kappa shape index (κ1) is 26.3. The highest BCUT2D eigenvalue weighted by Crippen LogP contribution is 2.14. The second-order valence-electron chi connectivity index (χ2n) is 8.52. The molecular formula is C27H45NO2. The van der Waals surface area contributed by atoms with Gasteiger partial charge >= 0.3 is 0 Å². The van der Waals surface area contributed by atoms with Gasteiger partial charge in [-0.15, -0.1) is 0 Å². The van der Waals surface area contributed by atoms with Gasteiger partial charge in [0.05, 0.1) is 0 Å². The van der Waals surface area contributed by atoms with Crippen LogP contribution in [0.1, 0.15) is 115 Å². The maximum Gasteiger partial charge on any atom is 0.243 e. The fourth-order valence-electron chi connectivity index (χ4n) is 3.74. The number of benzene rings is 1. The van der Waals surface area contributed by atoms with Crippen LogP contribution in [0.5, 0.6) is 5.75 Å². The van der Waals surface area contributed by atoms with Crippen LogP contribution in [0.2, 0.25) is 0 Å². The molecule has 1 aromatic carbocycles. The quantitative estimate of drug-likeness (QED) is 0.179. The second kappa shape index (κ2) is 19.2. The monoisotopic (exact) mass is 415 g/mol. The number of nitrogens with one attached hydrogen (secondary N) is 1. The van der Waals surface area contributed by atoms with E-state index >= 15 is 0 Å². The molecule has 0 saturated heterocycles. The van der Waals surface area contributed by atoms with E-state index in [0.29, 0.717) is 0 Å². The van der Waals surface area contributed by atoms with E-state index in [-0.39, 0.29) is 11.7 Å². The molecule has 3 heteroatoms. The van der Waals surface area contributed by atoms with Gasteiger partial charge in [0, 0.05) is 12.6 Å². The Kier molecular flexibility index (Phi) is 16.8. The molecule has 170 valence electrons. The van der Waals surface area contributed by atoms with Crippen molar-refractivity contribution in [2.24, 2.45) is 0 Å². The summed E-state index contributed by atoms with van der Waals surface area (Å²) in [6, 6.07) is 6.89. The molecule has 0 saturated carbocycles. The predicted molar refractivity (Wildman–Crippen MR) is 130 cm³/mol. The Hall–Kier alpha value is -1.77. The molecule has 30 heavy (non-hydrogen) atoms. The van der Waals surface area contributed by atoms with Crippen molar-refractivity contribution < 1.29 is 9.90 Å². The Labute approximate surface area is 185 Å². The highest BCUT2D eigenvalue weighted by molar-refractivity contribution is 5.91. The number of phenolic OH excluding ortho intramolecular Hbond substituents is 1. The summed E-state index contributed by atoms with van der Waals surface area (Å²) in [5, 5.41) is 12.3. The van der Waals surface area contributed by atoms with Gasteiger partial charge in [0.15, 0.2) is 0 Å². The molecule has 2 N–H and O–H groups in total. The molecule has 0 aromatic heterocycles. The van der Waals surface area contributed by atoms with Crippen LogP contribution >= 0.6 is 0 Å². The van der Waals surface area contributed by atoms with Gasteiger partial charge in [-0.05, 0) is 30.2 Å². The molecule has 0 heterocycles. The normalized spacial score (nSPS) is 11.2. The van der Waals surface area contributed by atoms with Gasteiger partial charge in [0.1, 0.15) is 5.75 Å². The number of carbonyl (C=O) groups is 1. The van der Waals surface area contributed by atoms with Gasteiger partial charge in [-0.3, -0.25) is 4.79 Å². The molecule has 0 aliphatic rings. The van der Waals surface area contributed by atoms with E-state index in [1.165, 1.54) is 102 Å². The third kappa shape index (κ3) is 16.1. The zero-order valence-corrected chi connectivity index (χ0v) is 19.3. The van der Waals surface area contributed by atoms with Crippen molar-refractivity contribution in [3.63, 3.8) is 0 Å². The van der Waals surface area contributed by atoms with E-state index in [9.17, 15) is 9.90 Å². The predicted octanol–water partition coefficient (Wildman–Crippen LogP) is 7.78. The maximum atomic E-state index is 11.8. The molecule has 0 radical (unpaired) electrons. The molecule has 0 fully saturated rings. The molecule has 3 nitrogen and oxygen atoms in total. The highest BCUT2D eigenvalue weighted by Gasteiger charge is 1.97. The van der Waals surface area contributed by atoms with Crippen LogP contribution in [0.25, 0.3) is 6.08 Å². The van der Waals surface area contributed by atoms with E-state index in [1.807, 2.05) is 6.07 Å². The number of carbonyl (C=O) groups excluding carboxylic acids is 1. The van der Waals surface area contributed by atoms with Gasteiger partial charge < -0.3 is 10.4 Å². The van der Waals surface area contributed by atoms with E-state index in [1.54, 1.807) is 24.3 Å². The number of hydrogen-bond acceptors (Lipinski definition) is 2. The van der Waals surface area contributed by atoms with Crippen molar-refractivity contribution in [1.29, 1.82) is 0 Å². The fourth-order valence-corrected chi connectivity index (χ4v) is 3.74. The Morgan fingerprint density at radius 3 is 1.80 bits per heavy atom. The minimum atomic E-state index is -0.0701. The SMILES string of the molecule is CCCCCCCCCCCCCCCCCCNC(=O)C=Cc1cccc(O)c1. The van der Waals surface area contributed by atoms with Crippen molar-refractivity contribution in [2.75, 3.05) is 6.54 Å². The zero-order valence-electron chi connectivity index (χ0n) is 19.3. The van der Waals surface area contributed by atoms with Gasteiger partial charge in [-0.1, -0.05) is 115 Å². The Morgan fingerprint density at radius 2 is 1.30 bits per heavy atom. The summed E-state index contributed by atoms with van der Waals surface area (Å²) in [7, 11) is 0. The number of amides is 1. The molecule has 0 aliphatic carbocycles. The number of unbranched alkanes of at least 4 members (excludes halogenated alkanes) is 15. The van der Waals surface area contributed by atoms with E-state index in [2.05, 4.69) is 12.2 Å². The molecule has 0 atom stereocenters. The van der Waals surface area contributed by atoms with Gasteiger partial charge in [0.2, 0.25) is 5.91 Å². The van der Waals surface area contributed by atoms with Crippen molar-refractivity contribution in [3.8, 4) is 5.75 Å². The van der Waals surface area contributed by atoms with Crippen molar-refractivity contribution in [1.82, 2.24) is 5.32 Å². The highest BCUT2D eigenvalue weighted by atomic mass is 16.3. The first-order chi connectivity index (χ1) is 14.7. The average molecular weight is 416 g/mol. The third-order valence-corrected chi connectivity index (χ3v) is 5.63. The van der Waals surface area contributed by atoms with E-state index < -0.39 is 0 Å². The van der Waals surface area contributed by atoms with Crippen LogP contribution in [-0.4, -0.2) is 17.6 Å². The maximum absolute atomic E-state index is 11.8. The first-order valence-corrected chi connectivity index (χ1v) is 12.5. The van der Waals surface area contributed by atoms with E-state index in [4.69, 9.17) is 0 Å². The molecule has 0 aliphatic heterocycles. The third-order valence-electron chi connectivity index (χ3n) is 5.63. The smallest absolute Gasteiger partial charge is 0.243 e. The zero-order chi connectivity index (χ0) is 21.7. The van der Waals surface area contributed by atoms with Crippen LogP contribution in [0, 0.1) is 0 Å². The van der Waals surface area contributed by atoms with Crippen LogP contribution in [0.3, 0.4) is 0 Å².